The topological polar surface area (TPSA) is 55.4 Å². The van der Waals surface area contributed by atoms with Gasteiger partial charge in [0.25, 0.3) is 5.91 Å². The SMILES string of the molecule is C[C@@H]1C[C@H]1C(=O)OCC(=O)N[C@@H](C)C12CC3CC(CC(C3)C1)C2. The third kappa shape index (κ3) is 2.89. The van der Waals surface area contributed by atoms with E-state index >= 15 is 0 Å². The first-order valence-corrected chi connectivity index (χ1v) is 9.41. The average molecular weight is 319 g/mol. The van der Waals surface area contributed by atoms with Crippen molar-refractivity contribution in [2.24, 2.45) is 35.0 Å². The molecular weight excluding hydrogens is 290 g/mol. The molecule has 5 fully saturated rings. The van der Waals surface area contributed by atoms with Gasteiger partial charge in [0.15, 0.2) is 6.61 Å². The normalized spacial score (nSPS) is 44.7. The molecular formula is C19H29NO3. The van der Waals surface area contributed by atoms with Crippen molar-refractivity contribution in [3.63, 3.8) is 0 Å². The zero-order chi connectivity index (χ0) is 16.2. The van der Waals surface area contributed by atoms with Crippen LogP contribution in [0.5, 0.6) is 0 Å². The van der Waals surface area contributed by atoms with Gasteiger partial charge >= 0.3 is 5.97 Å². The van der Waals surface area contributed by atoms with Crippen LogP contribution >= 0.6 is 0 Å². The minimum atomic E-state index is -0.199. The van der Waals surface area contributed by atoms with Gasteiger partial charge in [-0.2, -0.15) is 0 Å². The lowest BCUT2D eigenvalue weighted by Crippen LogP contribution is -2.56. The Morgan fingerprint density at radius 1 is 1.09 bits per heavy atom. The molecule has 0 heterocycles. The van der Waals surface area contributed by atoms with Crippen molar-refractivity contribution in [2.45, 2.75) is 64.8 Å². The van der Waals surface area contributed by atoms with Gasteiger partial charge in [-0.05, 0) is 81.0 Å². The van der Waals surface area contributed by atoms with Crippen molar-refractivity contribution >= 4 is 11.9 Å². The van der Waals surface area contributed by atoms with Crippen LogP contribution in [0, 0.1) is 35.0 Å². The Balaban J connectivity index is 1.30. The van der Waals surface area contributed by atoms with Crippen LogP contribution in [-0.2, 0) is 14.3 Å². The fourth-order valence-corrected chi connectivity index (χ4v) is 6.04. The standard InChI is InChI=1S/C19H29NO3/c1-11-3-16(11)18(22)23-10-17(21)20-12(2)19-7-13-4-14(8-19)6-15(5-13)9-19/h11-16H,3-10H2,1-2H3,(H,20,21)/t11-,12+,13?,14?,15?,16-,19?/m1/s1. The molecule has 5 aliphatic rings. The third-order valence-corrected chi connectivity index (χ3v) is 7.14. The van der Waals surface area contributed by atoms with Gasteiger partial charge in [-0.25, -0.2) is 0 Å². The summed E-state index contributed by atoms with van der Waals surface area (Å²) in [6.45, 7) is 4.09. The molecule has 0 aromatic rings. The summed E-state index contributed by atoms with van der Waals surface area (Å²) in [6.07, 6.45) is 8.98. The van der Waals surface area contributed by atoms with Crippen LogP contribution in [0.15, 0.2) is 0 Å². The highest BCUT2D eigenvalue weighted by molar-refractivity contribution is 5.82. The molecule has 0 aliphatic heterocycles. The van der Waals surface area contributed by atoms with Gasteiger partial charge in [-0.1, -0.05) is 6.92 Å². The highest BCUT2D eigenvalue weighted by Gasteiger charge is 2.53. The molecule has 0 unspecified atom stereocenters. The molecule has 4 heteroatoms. The van der Waals surface area contributed by atoms with Crippen LogP contribution in [-0.4, -0.2) is 24.5 Å². The second-order valence-corrected chi connectivity index (χ2v) is 9.00. The second-order valence-electron chi connectivity index (χ2n) is 9.00. The van der Waals surface area contributed by atoms with Gasteiger partial charge in [-0.3, -0.25) is 9.59 Å². The van der Waals surface area contributed by atoms with Crippen LogP contribution in [0.1, 0.15) is 58.8 Å². The third-order valence-electron chi connectivity index (χ3n) is 7.14. The number of hydrogen-bond acceptors (Lipinski definition) is 3. The number of amides is 1. The maximum atomic E-state index is 12.2. The monoisotopic (exact) mass is 319 g/mol. The predicted octanol–water partition coefficient (Wildman–Crippen LogP) is 2.91. The summed E-state index contributed by atoms with van der Waals surface area (Å²) >= 11 is 0. The van der Waals surface area contributed by atoms with E-state index < -0.39 is 0 Å². The Morgan fingerprint density at radius 2 is 1.61 bits per heavy atom. The van der Waals surface area contributed by atoms with Crippen molar-refractivity contribution in [1.29, 1.82) is 0 Å². The van der Waals surface area contributed by atoms with Gasteiger partial charge in [0.1, 0.15) is 0 Å². The number of carbonyl (C=O) groups excluding carboxylic acids is 2. The summed E-state index contributed by atoms with van der Waals surface area (Å²) < 4.78 is 5.17. The molecule has 128 valence electrons. The second kappa shape index (κ2) is 5.49. The molecule has 1 N–H and O–H groups in total. The zero-order valence-corrected chi connectivity index (χ0v) is 14.3. The van der Waals surface area contributed by atoms with Crippen molar-refractivity contribution in [3.05, 3.63) is 0 Å². The number of carbonyl (C=O) groups is 2. The summed E-state index contributed by atoms with van der Waals surface area (Å²) in [5.41, 5.74) is 0.305. The van der Waals surface area contributed by atoms with Gasteiger partial charge in [0, 0.05) is 6.04 Å². The first-order valence-electron chi connectivity index (χ1n) is 9.41. The van der Waals surface area contributed by atoms with Crippen molar-refractivity contribution < 1.29 is 14.3 Å². The zero-order valence-electron chi connectivity index (χ0n) is 14.3. The molecule has 0 aromatic heterocycles. The lowest BCUT2D eigenvalue weighted by Gasteiger charge is -2.59. The van der Waals surface area contributed by atoms with Crippen LogP contribution in [0.2, 0.25) is 0 Å². The minimum absolute atomic E-state index is 0.0309. The number of nitrogens with one attached hydrogen (secondary N) is 1. The Labute approximate surface area is 138 Å². The molecule has 5 rings (SSSR count). The van der Waals surface area contributed by atoms with Crippen LogP contribution in [0.3, 0.4) is 0 Å². The molecule has 0 spiro atoms. The van der Waals surface area contributed by atoms with E-state index in [9.17, 15) is 9.59 Å². The lowest BCUT2D eigenvalue weighted by molar-refractivity contribution is -0.151. The Morgan fingerprint density at radius 3 is 2.09 bits per heavy atom. The summed E-state index contributed by atoms with van der Waals surface area (Å²) in [5.74, 6) is 2.78. The maximum absolute atomic E-state index is 12.2. The molecule has 5 saturated carbocycles. The van der Waals surface area contributed by atoms with Crippen molar-refractivity contribution in [1.82, 2.24) is 5.32 Å². The predicted molar refractivity (Wildman–Crippen MR) is 86.4 cm³/mol. The Bertz CT molecular complexity index is 479. The lowest BCUT2D eigenvalue weighted by atomic mass is 9.48. The molecule has 5 aliphatic carbocycles. The van der Waals surface area contributed by atoms with Gasteiger partial charge in [-0.15, -0.1) is 0 Å². The van der Waals surface area contributed by atoms with Gasteiger partial charge in [0.05, 0.1) is 5.92 Å². The first kappa shape index (κ1) is 15.5. The van der Waals surface area contributed by atoms with E-state index in [1.807, 2.05) is 6.92 Å². The minimum Gasteiger partial charge on any atom is -0.455 e. The van der Waals surface area contributed by atoms with E-state index in [4.69, 9.17) is 4.74 Å². The molecule has 0 saturated heterocycles. The van der Waals surface area contributed by atoms with Gasteiger partial charge in [0.2, 0.25) is 0 Å². The summed E-state index contributed by atoms with van der Waals surface area (Å²) in [7, 11) is 0. The van der Waals surface area contributed by atoms with E-state index in [-0.39, 0.29) is 30.4 Å². The molecule has 0 radical (unpaired) electrons. The summed E-state index contributed by atoms with van der Waals surface area (Å²) in [4.78, 5) is 23.9. The van der Waals surface area contributed by atoms with E-state index in [0.29, 0.717) is 11.3 Å². The average Bonchev–Trinajstić information content (AvgIpc) is 3.20. The molecule has 3 atom stereocenters. The smallest absolute Gasteiger partial charge is 0.309 e. The molecule has 23 heavy (non-hydrogen) atoms. The maximum Gasteiger partial charge on any atom is 0.309 e. The van der Waals surface area contributed by atoms with E-state index in [2.05, 4.69) is 12.2 Å². The van der Waals surface area contributed by atoms with Crippen molar-refractivity contribution in [2.75, 3.05) is 6.61 Å². The molecule has 4 bridgehead atoms. The fourth-order valence-electron chi connectivity index (χ4n) is 6.04. The fraction of sp³-hybridized carbons (Fsp3) is 0.895. The largest absolute Gasteiger partial charge is 0.455 e. The molecule has 4 nitrogen and oxygen atoms in total. The number of hydrogen-bond donors (Lipinski definition) is 1. The highest BCUT2D eigenvalue weighted by Crippen LogP contribution is 2.61. The number of esters is 1. The summed E-state index contributed by atoms with van der Waals surface area (Å²) in [5, 5.41) is 3.15. The van der Waals surface area contributed by atoms with E-state index in [0.717, 1.165) is 24.2 Å². The Kier molecular flexibility index (Phi) is 3.69. The van der Waals surface area contributed by atoms with Crippen LogP contribution in [0.25, 0.3) is 0 Å². The Hall–Kier alpha value is -1.06. The van der Waals surface area contributed by atoms with E-state index in [1.165, 1.54) is 38.5 Å². The number of ether oxygens (including phenoxy) is 1. The van der Waals surface area contributed by atoms with Crippen molar-refractivity contribution in [3.8, 4) is 0 Å². The highest BCUT2D eigenvalue weighted by atomic mass is 16.5. The first-order chi connectivity index (χ1) is 10.9. The molecule has 0 aromatic carbocycles. The number of rotatable bonds is 5. The van der Waals surface area contributed by atoms with E-state index in [1.54, 1.807) is 0 Å². The quantitative estimate of drug-likeness (QED) is 0.793. The summed E-state index contributed by atoms with van der Waals surface area (Å²) in [6, 6.07) is 0.196. The van der Waals surface area contributed by atoms with Gasteiger partial charge < -0.3 is 10.1 Å². The van der Waals surface area contributed by atoms with Crippen LogP contribution in [0.4, 0.5) is 0 Å². The molecule has 1 amide bonds. The van der Waals surface area contributed by atoms with Crippen LogP contribution < -0.4 is 5.32 Å².